The van der Waals surface area contributed by atoms with Crippen LogP contribution in [0.15, 0.2) is 4.99 Å². The number of amides is 1. The zero-order valence-electron chi connectivity index (χ0n) is 9.32. The minimum atomic E-state index is -0.249. The van der Waals surface area contributed by atoms with Gasteiger partial charge in [0.15, 0.2) is 5.17 Å². The summed E-state index contributed by atoms with van der Waals surface area (Å²) in [5.74, 6) is -0.249. The largest absolute Gasteiger partial charge is 0.370 e. The smallest absolute Gasteiger partial charge is 0.217 e. The van der Waals surface area contributed by atoms with Gasteiger partial charge < -0.3 is 11.1 Å². The summed E-state index contributed by atoms with van der Waals surface area (Å²) >= 11 is 1.77. The van der Waals surface area contributed by atoms with Crippen molar-refractivity contribution in [3.8, 4) is 0 Å². The van der Waals surface area contributed by atoms with Crippen LogP contribution in [-0.4, -0.2) is 28.9 Å². The number of nitrogens with two attached hydrogens (primary N) is 1. The number of carbonyl (C=O) groups is 1. The number of carbonyl (C=O) groups excluding carboxylic acids is 1. The van der Waals surface area contributed by atoms with E-state index in [1.165, 1.54) is 6.42 Å². The Bertz CT molecular complexity index is 243. The third-order valence-electron chi connectivity index (χ3n) is 2.20. The molecule has 0 aromatic rings. The summed E-state index contributed by atoms with van der Waals surface area (Å²) in [4.78, 5) is 14.9. The lowest BCUT2D eigenvalue weighted by molar-refractivity contribution is -0.118. The molecule has 5 heteroatoms. The van der Waals surface area contributed by atoms with Gasteiger partial charge in [-0.05, 0) is 19.8 Å². The van der Waals surface area contributed by atoms with Crippen LogP contribution < -0.4 is 11.1 Å². The Labute approximate surface area is 95.1 Å². The summed E-state index contributed by atoms with van der Waals surface area (Å²) in [5.41, 5.74) is 5.05. The van der Waals surface area contributed by atoms with Crippen LogP contribution in [0.2, 0.25) is 0 Å². The summed E-state index contributed by atoms with van der Waals surface area (Å²) in [6.07, 6.45) is 2.33. The van der Waals surface area contributed by atoms with Gasteiger partial charge in [0.25, 0.3) is 0 Å². The van der Waals surface area contributed by atoms with Crippen molar-refractivity contribution < 1.29 is 4.79 Å². The monoisotopic (exact) mass is 229 g/mol. The number of primary amides is 1. The van der Waals surface area contributed by atoms with Gasteiger partial charge >= 0.3 is 0 Å². The van der Waals surface area contributed by atoms with E-state index < -0.39 is 0 Å². The van der Waals surface area contributed by atoms with Gasteiger partial charge in [-0.2, -0.15) is 0 Å². The lowest BCUT2D eigenvalue weighted by Crippen LogP contribution is -2.38. The summed E-state index contributed by atoms with van der Waals surface area (Å²) in [5, 5.41) is 4.96. The van der Waals surface area contributed by atoms with Gasteiger partial charge in [0.2, 0.25) is 5.91 Å². The molecular weight excluding hydrogens is 210 g/mol. The normalized spacial score (nSPS) is 28.8. The second-order valence-electron chi connectivity index (χ2n) is 3.97. The highest BCUT2D eigenvalue weighted by Gasteiger charge is 2.19. The first-order valence-electron chi connectivity index (χ1n) is 5.34. The summed E-state index contributed by atoms with van der Waals surface area (Å²) in [7, 11) is 0. The predicted molar refractivity (Wildman–Crippen MR) is 65.0 cm³/mol. The van der Waals surface area contributed by atoms with Crippen LogP contribution in [0, 0.1) is 0 Å². The first kappa shape index (κ1) is 12.4. The molecule has 1 fully saturated rings. The zero-order chi connectivity index (χ0) is 11.3. The topological polar surface area (TPSA) is 67.5 Å². The van der Waals surface area contributed by atoms with Gasteiger partial charge in [-0.1, -0.05) is 18.7 Å². The highest BCUT2D eigenvalue weighted by Crippen LogP contribution is 2.22. The van der Waals surface area contributed by atoms with Gasteiger partial charge in [-0.25, -0.2) is 0 Å². The summed E-state index contributed by atoms with van der Waals surface area (Å²) in [6, 6.07) is 0.496. The Morgan fingerprint density at radius 3 is 3.00 bits per heavy atom. The van der Waals surface area contributed by atoms with Crippen LogP contribution >= 0.6 is 11.8 Å². The van der Waals surface area contributed by atoms with Crippen molar-refractivity contribution in [2.24, 2.45) is 10.7 Å². The molecule has 86 valence electrons. The molecule has 3 N–H and O–H groups in total. The van der Waals surface area contributed by atoms with Crippen molar-refractivity contribution in [3.05, 3.63) is 0 Å². The molecule has 0 radical (unpaired) electrons. The highest BCUT2D eigenvalue weighted by atomic mass is 32.2. The van der Waals surface area contributed by atoms with E-state index in [2.05, 4.69) is 24.2 Å². The molecule has 0 bridgehead atoms. The molecule has 4 nitrogen and oxygen atoms in total. The van der Waals surface area contributed by atoms with E-state index in [0.29, 0.717) is 24.3 Å². The number of nitrogens with one attached hydrogen (secondary N) is 1. The van der Waals surface area contributed by atoms with Crippen LogP contribution in [0.3, 0.4) is 0 Å². The van der Waals surface area contributed by atoms with Crippen LogP contribution in [0.4, 0.5) is 0 Å². The number of amidine groups is 1. The number of hydrogen-bond acceptors (Lipinski definition) is 3. The molecule has 1 aliphatic rings. The van der Waals surface area contributed by atoms with Crippen molar-refractivity contribution in [3.63, 3.8) is 0 Å². The van der Waals surface area contributed by atoms with E-state index in [1.807, 2.05) is 0 Å². The molecule has 1 amide bonds. The van der Waals surface area contributed by atoms with Gasteiger partial charge in [0.1, 0.15) is 0 Å². The van der Waals surface area contributed by atoms with Crippen molar-refractivity contribution in [2.75, 3.05) is 6.54 Å². The third-order valence-corrected chi connectivity index (χ3v) is 3.27. The summed E-state index contributed by atoms with van der Waals surface area (Å²) in [6.45, 7) is 5.05. The lowest BCUT2D eigenvalue weighted by Gasteiger charge is -2.26. The van der Waals surface area contributed by atoms with Gasteiger partial charge in [0.05, 0.1) is 0 Å². The molecule has 15 heavy (non-hydrogen) atoms. The van der Waals surface area contributed by atoms with Crippen molar-refractivity contribution in [2.45, 2.75) is 44.4 Å². The maximum atomic E-state index is 10.5. The van der Waals surface area contributed by atoms with Crippen molar-refractivity contribution >= 4 is 22.8 Å². The molecule has 1 rings (SSSR count). The van der Waals surface area contributed by atoms with Crippen molar-refractivity contribution in [1.29, 1.82) is 0 Å². The van der Waals surface area contributed by atoms with E-state index in [4.69, 9.17) is 5.73 Å². The fourth-order valence-corrected chi connectivity index (χ4v) is 2.76. The first-order chi connectivity index (χ1) is 7.08. The molecular formula is C10H19N3OS. The molecule has 1 saturated heterocycles. The number of thioether (sulfide) groups is 1. The van der Waals surface area contributed by atoms with E-state index in [0.717, 1.165) is 11.6 Å². The van der Waals surface area contributed by atoms with Crippen LogP contribution in [-0.2, 0) is 4.79 Å². The number of aliphatic imine (C=N–C) groups is 1. The minimum Gasteiger partial charge on any atom is -0.370 e. The molecule has 0 aliphatic carbocycles. The second kappa shape index (κ2) is 6.00. The maximum absolute atomic E-state index is 10.5. The van der Waals surface area contributed by atoms with E-state index in [1.54, 1.807) is 11.8 Å². The molecule has 2 unspecified atom stereocenters. The molecule has 2 atom stereocenters. The molecule has 0 spiro atoms. The summed E-state index contributed by atoms with van der Waals surface area (Å²) < 4.78 is 0. The Morgan fingerprint density at radius 1 is 1.67 bits per heavy atom. The Kier molecular flexibility index (Phi) is 4.94. The Balaban J connectivity index is 2.29. The third kappa shape index (κ3) is 5.06. The fourth-order valence-electron chi connectivity index (χ4n) is 1.56. The molecule has 0 aromatic heterocycles. The standard InChI is InChI=1S/C10H19N3OS/c1-7-6-8(2)15-10(13-7)12-5-3-4-9(11)14/h7-8H,3-6H2,1-2H3,(H2,11,14)(H,12,13). The van der Waals surface area contributed by atoms with Crippen LogP contribution in [0.5, 0.6) is 0 Å². The Morgan fingerprint density at radius 2 is 2.40 bits per heavy atom. The van der Waals surface area contributed by atoms with Crippen LogP contribution in [0.1, 0.15) is 33.1 Å². The average Bonchev–Trinajstić information content (AvgIpc) is 2.10. The van der Waals surface area contributed by atoms with Crippen molar-refractivity contribution in [1.82, 2.24) is 5.32 Å². The number of rotatable bonds is 4. The van der Waals surface area contributed by atoms with Gasteiger partial charge in [-0.3, -0.25) is 9.79 Å². The number of nitrogens with zero attached hydrogens (tertiary/aromatic N) is 1. The highest BCUT2D eigenvalue weighted by molar-refractivity contribution is 8.14. The van der Waals surface area contributed by atoms with E-state index in [9.17, 15) is 4.79 Å². The number of hydrogen-bond donors (Lipinski definition) is 2. The van der Waals surface area contributed by atoms with Crippen LogP contribution in [0.25, 0.3) is 0 Å². The Hall–Kier alpha value is -0.710. The predicted octanol–water partition coefficient (Wildman–Crippen LogP) is 1.11. The molecule has 1 aliphatic heterocycles. The fraction of sp³-hybridized carbons (Fsp3) is 0.800. The maximum Gasteiger partial charge on any atom is 0.217 e. The average molecular weight is 229 g/mol. The molecule has 1 heterocycles. The lowest BCUT2D eigenvalue weighted by atomic mass is 10.2. The van der Waals surface area contributed by atoms with Gasteiger partial charge in [0, 0.05) is 24.3 Å². The SMILES string of the molecule is CC1CC(C)SC(=NCCCC(N)=O)N1. The minimum absolute atomic E-state index is 0.249. The van der Waals surface area contributed by atoms with Gasteiger partial charge in [-0.15, -0.1) is 0 Å². The first-order valence-corrected chi connectivity index (χ1v) is 6.22. The second-order valence-corrected chi connectivity index (χ2v) is 5.39. The quantitative estimate of drug-likeness (QED) is 0.710. The molecule has 0 saturated carbocycles. The zero-order valence-corrected chi connectivity index (χ0v) is 10.1. The van der Waals surface area contributed by atoms with E-state index >= 15 is 0 Å². The molecule has 0 aromatic carbocycles. The van der Waals surface area contributed by atoms with E-state index in [-0.39, 0.29) is 5.91 Å².